The minimum Gasteiger partial charge on any atom is -0.495 e. The second-order valence-electron chi connectivity index (χ2n) is 7.02. The molecule has 1 atom stereocenters. The molecule has 6 heteroatoms. The summed E-state index contributed by atoms with van der Waals surface area (Å²) in [5.41, 5.74) is 3.50. The molecule has 0 bridgehead atoms. The van der Waals surface area contributed by atoms with Crippen molar-refractivity contribution in [1.29, 1.82) is 0 Å². The summed E-state index contributed by atoms with van der Waals surface area (Å²) in [7, 11) is -2.09. The van der Waals surface area contributed by atoms with Crippen LogP contribution in [0.3, 0.4) is 0 Å². The summed E-state index contributed by atoms with van der Waals surface area (Å²) < 4.78 is 33.6. The van der Waals surface area contributed by atoms with E-state index in [4.69, 9.17) is 4.74 Å². The van der Waals surface area contributed by atoms with Crippen molar-refractivity contribution in [2.75, 3.05) is 33.3 Å². The summed E-state index contributed by atoms with van der Waals surface area (Å²) in [5.74, 6) is 0.405. The Bertz CT molecular complexity index is 926. The van der Waals surface area contributed by atoms with Crippen LogP contribution >= 0.6 is 0 Å². The molecule has 1 fully saturated rings. The van der Waals surface area contributed by atoms with E-state index in [1.807, 2.05) is 19.1 Å². The van der Waals surface area contributed by atoms with Gasteiger partial charge in [-0.3, -0.25) is 4.90 Å². The van der Waals surface area contributed by atoms with Crippen molar-refractivity contribution < 1.29 is 13.2 Å². The largest absolute Gasteiger partial charge is 0.495 e. The molecule has 1 saturated heterocycles. The van der Waals surface area contributed by atoms with Gasteiger partial charge in [-0.1, -0.05) is 30.3 Å². The first-order chi connectivity index (χ1) is 12.5. The molecule has 0 spiro atoms. The van der Waals surface area contributed by atoms with Gasteiger partial charge in [0.25, 0.3) is 0 Å². The van der Waals surface area contributed by atoms with Crippen LogP contribution in [-0.4, -0.2) is 50.9 Å². The fourth-order valence-electron chi connectivity index (χ4n) is 4.05. The zero-order valence-electron chi connectivity index (χ0n) is 15.2. The third kappa shape index (κ3) is 2.92. The summed E-state index contributed by atoms with van der Waals surface area (Å²) >= 11 is 0. The van der Waals surface area contributed by atoms with Crippen LogP contribution in [0.25, 0.3) is 0 Å². The molecule has 5 nitrogen and oxygen atoms in total. The second kappa shape index (κ2) is 6.68. The van der Waals surface area contributed by atoms with E-state index in [9.17, 15) is 8.42 Å². The first-order valence-electron chi connectivity index (χ1n) is 8.97. The maximum Gasteiger partial charge on any atom is 0.246 e. The van der Waals surface area contributed by atoms with Crippen LogP contribution in [0.2, 0.25) is 0 Å². The zero-order chi connectivity index (χ0) is 18.3. The van der Waals surface area contributed by atoms with Gasteiger partial charge >= 0.3 is 0 Å². The van der Waals surface area contributed by atoms with E-state index >= 15 is 0 Å². The molecule has 0 aromatic heterocycles. The fourth-order valence-corrected chi connectivity index (χ4v) is 5.73. The van der Waals surface area contributed by atoms with Gasteiger partial charge in [-0.25, -0.2) is 8.42 Å². The van der Waals surface area contributed by atoms with Crippen molar-refractivity contribution in [3.05, 3.63) is 59.2 Å². The van der Waals surface area contributed by atoms with Gasteiger partial charge in [-0.05, 0) is 42.2 Å². The molecule has 4 rings (SSSR count). The third-order valence-corrected chi connectivity index (χ3v) is 7.36. The van der Waals surface area contributed by atoms with Crippen molar-refractivity contribution in [2.45, 2.75) is 24.3 Å². The minimum absolute atomic E-state index is 0.124. The van der Waals surface area contributed by atoms with Crippen LogP contribution in [0, 0.1) is 6.92 Å². The molecule has 1 unspecified atom stereocenters. The van der Waals surface area contributed by atoms with Crippen LogP contribution < -0.4 is 4.74 Å². The van der Waals surface area contributed by atoms with Gasteiger partial charge in [0.1, 0.15) is 10.6 Å². The number of hydrogen-bond donors (Lipinski definition) is 0. The Hall–Kier alpha value is -1.89. The molecule has 2 aromatic carbocycles. The maximum absolute atomic E-state index is 13.3. The van der Waals surface area contributed by atoms with Crippen molar-refractivity contribution in [3.63, 3.8) is 0 Å². The number of rotatable bonds is 3. The van der Waals surface area contributed by atoms with Crippen molar-refractivity contribution in [3.8, 4) is 5.75 Å². The van der Waals surface area contributed by atoms with E-state index < -0.39 is 10.0 Å². The number of benzene rings is 2. The summed E-state index contributed by atoms with van der Waals surface area (Å²) in [6.07, 6.45) is 1.03. The highest BCUT2D eigenvalue weighted by Gasteiger charge is 2.38. The van der Waals surface area contributed by atoms with E-state index in [0.29, 0.717) is 18.8 Å². The first-order valence-corrected chi connectivity index (χ1v) is 10.4. The quantitative estimate of drug-likeness (QED) is 0.831. The molecule has 138 valence electrons. The average molecular weight is 372 g/mol. The summed E-state index contributed by atoms with van der Waals surface area (Å²) in [5, 5.41) is 0. The van der Waals surface area contributed by atoms with E-state index in [-0.39, 0.29) is 10.9 Å². The van der Waals surface area contributed by atoms with Crippen molar-refractivity contribution in [1.82, 2.24) is 9.21 Å². The Balaban J connectivity index is 1.69. The van der Waals surface area contributed by atoms with Gasteiger partial charge in [0.05, 0.1) is 7.11 Å². The van der Waals surface area contributed by atoms with Crippen LogP contribution in [0.15, 0.2) is 47.4 Å². The van der Waals surface area contributed by atoms with Gasteiger partial charge in [0.2, 0.25) is 10.0 Å². The molecule has 0 amide bonds. The maximum atomic E-state index is 13.3. The Labute approximate surface area is 155 Å². The Morgan fingerprint density at radius 2 is 1.88 bits per heavy atom. The molecule has 0 N–H and O–H groups in total. The van der Waals surface area contributed by atoms with Gasteiger partial charge in [-0.15, -0.1) is 0 Å². The number of aryl methyl sites for hydroxylation is 1. The topological polar surface area (TPSA) is 49.9 Å². The first kappa shape index (κ1) is 17.5. The normalized spacial score (nSPS) is 21.1. The molecule has 26 heavy (non-hydrogen) atoms. The van der Waals surface area contributed by atoms with Gasteiger partial charge < -0.3 is 4.74 Å². The van der Waals surface area contributed by atoms with E-state index in [1.165, 1.54) is 18.2 Å². The number of fused-ring (bicyclic) bond motifs is 3. The van der Waals surface area contributed by atoms with Gasteiger partial charge in [-0.2, -0.15) is 4.31 Å². The fraction of sp³-hybridized carbons (Fsp3) is 0.400. The summed E-state index contributed by atoms with van der Waals surface area (Å²) in [6.45, 7) is 4.64. The SMILES string of the molecule is COc1ccc(C)cc1S(=O)(=O)N1CCN2CCc3ccccc3C2C1. The number of sulfonamides is 1. The zero-order valence-corrected chi connectivity index (χ0v) is 16.0. The van der Waals surface area contributed by atoms with Gasteiger partial charge in [0, 0.05) is 32.2 Å². The molecular weight excluding hydrogens is 348 g/mol. The highest BCUT2D eigenvalue weighted by atomic mass is 32.2. The number of piperazine rings is 1. The van der Waals surface area contributed by atoms with Crippen LogP contribution in [0.4, 0.5) is 0 Å². The molecule has 0 aliphatic carbocycles. The minimum atomic E-state index is -3.60. The van der Waals surface area contributed by atoms with E-state index in [2.05, 4.69) is 23.1 Å². The molecule has 2 aromatic rings. The second-order valence-corrected chi connectivity index (χ2v) is 8.92. The average Bonchev–Trinajstić information content (AvgIpc) is 2.67. The highest BCUT2D eigenvalue weighted by molar-refractivity contribution is 7.89. The third-order valence-electron chi connectivity index (χ3n) is 5.47. The van der Waals surface area contributed by atoms with Crippen LogP contribution in [0.1, 0.15) is 22.7 Å². The molecule has 2 aliphatic rings. The van der Waals surface area contributed by atoms with Crippen LogP contribution in [0.5, 0.6) is 5.75 Å². The van der Waals surface area contributed by atoms with E-state index in [0.717, 1.165) is 25.1 Å². The molecular formula is C20H24N2O3S. The Morgan fingerprint density at radius 1 is 1.08 bits per heavy atom. The number of nitrogens with zero attached hydrogens (tertiary/aromatic N) is 2. The predicted molar refractivity (Wildman–Crippen MR) is 101 cm³/mol. The summed E-state index contributed by atoms with van der Waals surface area (Å²) in [4.78, 5) is 2.67. The lowest BCUT2D eigenvalue weighted by atomic mass is 9.91. The molecule has 0 radical (unpaired) electrons. The molecule has 0 saturated carbocycles. The lowest BCUT2D eigenvalue weighted by molar-refractivity contribution is 0.109. The Kier molecular flexibility index (Phi) is 4.50. The monoisotopic (exact) mass is 372 g/mol. The van der Waals surface area contributed by atoms with Crippen molar-refractivity contribution in [2.24, 2.45) is 0 Å². The molecule has 2 heterocycles. The van der Waals surface area contributed by atoms with E-state index in [1.54, 1.807) is 16.4 Å². The Morgan fingerprint density at radius 3 is 2.69 bits per heavy atom. The highest BCUT2D eigenvalue weighted by Crippen LogP contribution is 2.35. The number of hydrogen-bond acceptors (Lipinski definition) is 4. The standard InChI is InChI=1S/C20H24N2O3S/c1-15-7-8-19(25-2)20(13-15)26(23,24)22-12-11-21-10-9-16-5-3-4-6-17(16)18(21)14-22/h3-8,13,18H,9-12,14H2,1-2H3. The summed E-state index contributed by atoms with van der Waals surface area (Å²) in [6, 6.07) is 13.8. The smallest absolute Gasteiger partial charge is 0.246 e. The van der Waals surface area contributed by atoms with Crippen molar-refractivity contribution >= 4 is 10.0 Å². The number of ether oxygens (including phenoxy) is 1. The lowest BCUT2D eigenvalue weighted by Gasteiger charge is -2.44. The predicted octanol–water partition coefficient (Wildman–Crippen LogP) is 2.61. The lowest BCUT2D eigenvalue weighted by Crippen LogP contribution is -2.52. The number of methoxy groups -OCH3 is 1. The molecule has 2 aliphatic heterocycles. The van der Waals surface area contributed by atoms with Crippen LogP contribution in [-0.2, 0) is 16.4 Å². The van der Waals surface area contributed by atoms with Gasteiger partial charge in [0.15, 0.2) is 0 Å².